The van der Waals surface area contributed by atoms with Crippen LogP contribution in [-0.4, -0.2) is 48.5 Å². The molecule has 1 aliphatic carbocycles. The molecule has 1 aliphatic heterocycles. The third kappa shape index (κ3) is 2.92. The number of amides is 1. The zero-order valence-electron chi connectivity index (χ0n) is 11.5. The molecule has 1 amide bonds. The molecule has 1 aromatic rings. The number of anilines is 1. The highest BCUT2D eigenvalue weighted by molar-refractivity contribution is 5.91. The summed E-state index contributed by atoms with van der Waals surface area (Å²) in [6.45, 7) is 1.19. The summed E-state index contributed by atoms with van der Waals surface area (Å²) in [5, 5.41) is 9.03. The van der Waals surface area contributed by atoms with Crippen molar-refractivity contribution in [2.75, 3.05) is 31.2 Å². The van der Waals surface area contributed by atoms with E-state index in [0.29, 0.717) is 37.2 Å². The lowest BCUT2D eigenvalue weighted by Gasteiger charge is -2.36. The van der Waals surface area contributed by atoms with Crippen molar-refractivity contribution in [2.24, 2.45) is 17.6 Å². The molecule has 114 valence electrons. The Labute approximate surface area is 121 Å². The lowest BCUT2D eigenvalue weighted by Crippen LogP contribution is -2.48. The molecular weight excluding hydrogens is 277 g/mol. The summed E-state index contributed by atoms with van der Waals surface area (Å²) in [4.78, 5) is 17.2. The molecule has 0 radical (unpaired) electrons. The van der Waals surface area contributed by atoms with Gasteiger partial charge in [-0.2, -0.15) is 0 Å². The number of aliphatic hydroxyl groups is 1. The highest BCUT2D eigenvalue weighted by atomic mass is 19.1. The summed E-state index contributed by atoms with van der Waals surface area (Å²) in [5.74, 6) is 0.277. The van der Waals surface area contributed by atoms with Gasteiger partial charge in [0.2, 0.25) is 5.88 Å². The van der Waals surface area contributed by atoms with Gasteiger partial charge in [0.05, 0.1) is 19.7 Å². The quantitative estimate of drug-likeness (QED) is 0.790. The normalized spacial score (nSPS) is 24.6. The van der Waals surface area contributed by atoms with Crippen LogP contribution in [0.15, 0.2) is 12.1 Å². The molecule has 1 aromatic heterocycles. The summed E-state index contributed by atoms with van der Waals surface area (Å²) < 4.78 is 18.7. The first-order chi connectivity index (χ1) is 10.1. The van der Waals surface area contributed by atoms with E-state index < -0.39 is 12.1 Å². The second-order valence-corrected chi connectivity index (χ2v) is 5.64. The lowest BCUT2D eigenvalue weighted by molar-refractivity contribution is 0.0994. The zero-order chi connectivity index (χ0) is 15.0. The predicted octanol–water partition coefficient (Wildman–Crippen LogP) is 0.346. The Morgan fingerprint density at radius 2 is 2.24 bits per heavy atom. The number of aromatic nitrogens is 1. The molecule has 0 unspecified atom stereocenters. The number of alkyl halides is 1. The van der Waals surface area contributed by atoms with E-state index in [9.17, 15) is 9.18 Å². The van der Waals surface area contributed by atoms with E-state index in [1.54, 1.807) is 6.07 Å². The molecule has 0 spiro atoms. The zero-order valence-corrected chi connectivity index (χ0v) is 11.5. The number of hydrogen-bond acceptors (Lipinski definition) is 5. The van der Waals surface area contributed by atoms with Crippen molar-refractivity contribution in [3.8, 4) is 5.88 Å². The number of aliphatic hydroxyl groups excluding tert-OH is 1. The summed E-state index contributed by atoms with van der Waals surface area (Å²) in [7, 11) is 0. The molecule has 2 fully saturated rings. The maximum absolute atomic E-state index is 13.0. The van der Waals surface area contributed by atoms with Crippen molar-refractivity contribution in [1.82, 2.24) is 4.98 Å². The highest BCUT2D eigenvalue weighted by Crippen LogP contribution is 2.39. The first kappa shape index (κ1) is 14.1. The van der Waals surface area contributed by atoms with Crippen molar-refractivity contribution < 1.29 is 19.0 Å². The first-order valence-electron chi connectivity index (χ1n) is 7.02. The van der Waals surface area contributed by atoms with Gasteiger partial charge in [0.1, 0.15) is 17.6 Å². The second-order valence-electron chi connectivity index (χ2n) is 5.64. The molecule has 2 aliphatic rings. The van der Waals surface area contributed by atoms with Gasteiger partial charge in [0.15, 0.2) is 0 Å². The summed E-state index contributed by atoms with van der Waals surface area (Å²) in [6.07, 6.45) is 0.0910. The van der Waals surface area contributed by atoms with Gasteiger partial charge in [0.25, 0.3) is 5.91 Å². The van der Waals surface area contributed by atoms with Crippen LogP contribution in [0.1, 0.15) is 16.9 Å². The van der Waals surface area contributed by atoms with E-state index in [0.717, 1.165) is 6.42 Å². The SMILES string of the molecule is NC(=O)c1ccc(N2CC(F)C2)c(OC[C@H]2C[C@@H]2CO)n1. The van der Waals surface area contributed by atoms with E-state index >= 15 is 0 Å². The highest BCUT2D eigenvalue weighted by Gasteiger charge is 2.37. The van der Waals surface area contributed by atoms with Crippen LogP contribution in [0.2, 0.25) is 0 Å². The molecule has 3 rings (SSSR count). The van der Waals surface area contributed by atoms with Gasteiger partial charge >= 0.3 is 0 Å². The van der Waals surface area contributed by atoms with Crippen molar-refractivity contribution in [2.45, 2.75) is 12.6 Å². The summed E-state index contributed by atoms with van der Waals surface area (Å²) in [6, 6.07) is 3.20. The predicted molar refractivity (Wildman–Crippen MR) is 74.0 cm³/mol. The van der Waals surface area contributed by atoms with Gasteiger partial charge in [-0.1, -0.05) is 0 Å². The van der Waals surface area contributed by atoms with Crippen LogP contribution in [0.4, 0.5) is 10.1 Å². The number of hydrogen-bond donors (Lipinski definition) is 2. The Morgan fingerprint density at radius 3 is 2.81 bits per heavy atom. The minimum absolute atomic E-state index is 0.126. The molecule has 2 heterocycles. The van der Waals surface area contributed by atoms with E-state index in [4.69, 9.17) is 15.6 Å². The number of primary amides is 1. The number of nitrogens with zero attached hydrogens (tertiary/aromatic N) is 2. The molecule has 7 heteroatoms. The lowest BCUT2D eigenvalue weighted by atomic mass is 10.1. The molecule has 1 saturated heterocycles. The maximum atomic E-state index is 13.0. The topological polar surface area (TPSA) is 88.7 Å². The number of nitrogens with two attached hydrogens (primary N) is 1. The fourth-order valence-electron chi connectivity index (χ4n) is 2.46. The van der Waals surface area contributed by atoms with Crippen molar-refractivity contribution in [3.63, 3.8) is 0 Å². The minimum atomic E-state index is -0.837. The largest absolute Gasteiger partial charge is 0.476 e. The molecule has 1 saturated carbocycles. The standard InChI is InChI=1S/C14H18FN3O3/c15-10-4-18(5-10)12-2-1-11(13(16)20)17-14(12)21-7-9-3-8(9)6-19/h1-2,8-10,19H,3-7H2,(H2,16,20)/t8-,9-/m1/s1. The molecule has 21 heavy (non-hydrogen) atoms. The number of halogens is 1. The van der Waals surface area contributed by atoms with Gasteiger partial charge in [-0.3, -0.25) is 4.79 Å². The van der Waals surface area contributed by atoms with Gasteiger partial charge in [0, 0.05) is 6.61 Å². The van der Waals surface area contributed by atoms with Crippen LogP contribution in [0.3, 0.4) is 0 Å². The summed E-state index contributed by atoms with van der Waals surface area (Å²) in [5.41, 5.74) is 6.03. The summed E-state index contributed by atoms with van der Waals surface area (Å²) >= 11 is 0. The van der Waals surface area contributed by atoms with Crippen LogP contribution >= 0.6 is 0 Å². The molecule has 2 atom stereocenters. The molecule has 0 bridgehead atoms. The minimum Gasteiger partial charge on any atom is -0.476 e. The van der Waals surface area contributed by atoms with Gasteiger partial charge < -0.3 is 20.5 Å². The second kappa shape index (κ2) is 5.48. The molecule has 3 N–H and O–H groups in total. The number of rotatable bonds is 6. The Balaban J connectivity index is 1.74. The third-order valence-electron chi connectivity index (χ3n) is 4.01. The van der Waals surface area contributed by atoms with Crippen LogP contribution in [0.5, 0.6) is 5.88 Å². The average molecular weight is 295 g/mol. The fourth-order valence-corrected chi connectivity index (χ4v) is 2.46. The van der Waals surface area contributed by atoms with Crippen molar-refractivity contribution in [3.05, 3.63) is 17.8 Å². The monoisotopic (exact) mass is 295 g/mol. The number of pyridine rings is 1. The van der Waals surface area contributed by atoms with Gasteiger partial charge in [-0.25, -0.2) is 9.37 Å². The Kier molecular flexibility index (Phi) is 3.67. The van der Waals surface area contributed by atoms with Gasteiger partial charge in [-0.15, -0.1) is 0 Å². The number of carbonyl (C=O) groups excluding carboxylic acids is 1. The van der Waals surface area contributed by atoms with E-state index in [-0.39, 0.29) is 18.2 Å². The Morgan fingerprint density at radius 1 is 1.48 bits per heavy atom. The molecular formula is C14H18FN3O3. The third-order valence-corrected chi connectivity index (χ3v) is 4.01. The number of ether oxygens (including phenoxy) is 1. The van der Waals surface area contributed by atoms with Crippen LogP contribution in [0, 0.1) is 11.8 Å². The van der Waals surface area contributed by atoms with Crippen LogP contribution in [0.25, 0.3) is 0 Å². The van der Waals surface area contributed by atoms with E-state index in [2.05, 4.69) is 4.98 Å². The van der Waals surface area contributed by atoms with Crippen molar-refractivity contribution >= 4 is 11.6 Å². The first-order valence-corrected chi connectivity index (χ1v) is 7.02. The van der Waals surface area contributed by atoms with E-state index in [1.165, 1.54) is 6.07 Å². The van der Waals surface area contributed by atoms with Crippen molar-refractivity contribution in [1.29, 1.82) is 0 Å². The van der Waals surface area contributed by atoms with Crippen LogP contribution in [-0.2, 0) is 0 Å². The van der Waals surface area contributed by atoms with Crippen LogP contribution < -0.4 is 15.4 Å². The Bertz CT molecular complexity index is 548. The maximum Gasteiger partial charge on any atom is 0.267 e. The van der Waals surface area contributed by atoms with Gasteiger partial charge in [-0.05, 0) is 30.4 Å². The smallest absolute Gasteiger partial charge is 0.267 e. The number of carbonyl (C=O) groups is 1. The Hall–Kier alpha value is -1.89. The molecule has 6 nitrogen and oxygen atoms in total. The van der Waals surface area contributed by atoms with E-state index in [1.807, 2.05) is 4.90 Å². The fraction of sp³-hybridized carbons (Fsp3) is 0.571. The molecule has 0 aromatic carbocycles. The average Bonchev–Trinajstić information content (AvgIpc) is 3.20.